The van der Waals surface area contributed by atoms with Crippen LogP contribution in [0.25, 0.3) is 11.3 Å². The van der Waals surface area contributed by atoms with E-state index in [4.69, 9.17) is 27.6 Å². The van der Waals surface area contributed by atoms with Gasteiger partial charge < -0.3 is 9.73 Å². The monoisotopic (exact) mass is 443 g/mol. The largest absolute Gasteiger partial charge is 0.441 e. The predicted octanol–water partition coefficient (Wildman–Crippen LogP) is 4.45. The fourth-order valence-corrected chi connectivity index (χ4v) is 3.62. The van der Waals surface area contributed by atoms with Gasteiger partial charge >= 0.3 is 0 Å². The van der Waals surface area contributed by atoms with E-state index in [-0.39, 0.29) is 36.1 Å². The number of fused-ring (bicyclic) bond motifs is 1. The Morgan fingerprint density at radius 2 is 1.80 bits per heavy atom. The van der Waals surface area contributed by atoms with Crippen LogP contribution in [0.5, 0.6) is 0 Å². The van der Waals surface area contributed by atoms with Gasteiger partial charge in [0.25, 0.3) is 11.8 Å². The maximum Gasteiger partial charge on any atom is 0.261 e. The zero-order chi connectivity index (χ0) is 21.4. The Labute approximate surface area is 181 Å². The van der Waals surface area contributed by atoms with Crippen molar-refractivity contribution in [3.63, 3.8) is 0 Å². The molecular formula is C21H15Cl2N3O4. The van der Waals surface area contributed by atoms with E-state index in [9.17, 15) is 14.4 Å². The second-order valence-corrected chi connectivity index (χ2v) is 7.56. The van der Waals surface area contributed by atoms with E-state index >= 15 is 0 Å². The van der Waals surface area contributed by atoms with Gasteiger partial charge in [-0.25, -0.2) is 4.98 Å². The lowest BCUT2D eigenvalue weighted by molar-refractivity contribution is -0.116. The molecule has 9 heteroatoms. The molecule has 1 aliphatic rings. The SMILES string of the molecule is CN1C(=O)c2ccc(NC(=O)CCc3ncc(-c4ccc(Cl)cc4Cl)o3)cc2C1=O. The van der Waals surface area contributed by atoms with Crippen LogP contribution in [0.1, 0.15) is 33.0 Å². The Morgan fingerprint density at radius 3 is 2.57 bits per heavy atom. The Hall–Kier alpha value is -3.16. The highest BCUT2D eigenvalue weighted by Gasteiger charge is 2.32. The number of aromatic nitrogens is 1. The third kappa shape index (κ3) is 3.81. The quantitative estimate of drug-likeness (QED) is 0.588. The number of hydrogen-bond donors (Lipinski definition) is 1. The molecule has 4 rings (SSSR count). The lowest BCUT2D eigenvalue weighted by Gasteiger charge is -2.05. The van der Waals surface area contributed by atoms with Crippen molar-refractivity contribution >= 4 is 46.6 Å². The van der Waals surface area contributed by atoms with Crippen LogP contribution in [0, 0.1) is 0 Å². The first-order chi connectivity index (χ1) is 14.3. The van der Waals surface area contributed by atoms with E-state index in [1.165, 1.54) is 19.2 Å². The van der Waals surface area contributed by atoms with E-state index < -0.39 is 0 Å². The van der Waals surface area contributed by atoms with Crippen molar-refractivity contribution in [1.82, 2.24) is 9.88 Å². The van der Waals surface area contributed by atoms with Crippen molar-refractivity contribution in [3.8, 4) is 11.3 Å². The second kappa shape index (κ2) is 7.93. The maximum absolute atomic E-state index is 12.3. The predicted molar refractivity (Wildman–Crippen MR) is 112 cm³/mol. The maximum atomic E-state index is 12.3. The number of halogens is 2. The van der Waals surface area contributed by atoms with Crippen molar-refractivity contribution in [2.45, 2.75) is 12.8 Å². The lowest BCUT2D eigenvalue weighted by atomic mass is 10.1. The smallest absolute Gasteiger partial charge is 0.261 e. The molecule has 0 radical (unpaired) electrons. The molecule has 1 aromatic heterocycles. The van der Waals surface area contributed by atoms with E-state index in [0.29, 0.717) is 38.5 Å². The van der Waals surface area contributed by atoms with Crippen LogP contribution in [0.3, 0.4) is 0 Å². The van der Waals surface area contributed by atoms with E-state index in [0.717, 1.165) is 4.90 Å². The summed E-state index contributed by atoms with van der Waals surface area (Å²) in [4.78, 5) is 41.5. The molecule has 3 aromatic rings. The van der Waals surface area contributed by atoms with Crippen LogP contribution in [-0.4, -0.2) is 34.7 Å². The van der Waals surface area contributed by atoms with Crippen LogP contribution < -0.4 is 5.32 Å². The first-order valence-electron chi connectivity index (χ1n) is 9.00. The summed E-state index contributed by atoms with van der Waals surface area (Å²) in [5.74, 6) is -0.141. The van der Waals surface area contributed by atoms with Crippen molar-refractivity contribution in [2.24, 2.45) is 0 Å². The van der Waals surface area contributed by atoms with Crippen molar-refractivity contribution in [3.05, 3.63) is 69.7 Å². The number of aryl methyl sites for hydroxylation is 1. The fourth-order valence-electron chi connectivity index (χ4n) is 3.12. The first-order valence-corrected chi connectivity index (χ1v) is 9.75. The van der Waals surface area contributed by atoms with E-state index in [1.54, 1.807) is 30.5 Å². The lowest BCUT2D eigenvalue weighted by Crippen LogP contribution is -2.24. The summed E-state index contributed by atoms with van der Waals surface area (Å²) in [6.07, 6.45) is 1.95. The minimum atomic E-state index is -0.390. The van der Waals surface area contributed by atoms with Crippen LogP contribution in [0.15, 0.2) is 47.0 Å². The summed E-state index contributed by atoms with van der Waals surface area (Å²) in [5.41, 5.74) is 1.70. The molecule has 0 atom stereocenters. The number of benzene rings is 2. The van der Waals surface area contributed by atoms with E-state index in [1.807, 2.05) is 0 Å². The summed E-state index contributed by atoms with van der Waals surface area (Å²) >= 11 is 12.1. The molecule has 0 bridgehead atoms. The molecule has 7 nitrogen and oxygen atoms in total. The number of carbonyl (C=O) groups is 3. The number of carbonyl (C=O) groups excluding carboxylic acids is 3. The van der Waals surface area contributed by atoms with Gasteiger partial charge in [-0.05, 0) is 36.4 Å². The molecule has 1 N–H and O–H groups in total. The van der Waals surface area contributed by atoms with Gasteiger partial charge in [-0.1, -0.05) is 23.2 Å². The standard InChI is InChI=1S/C21H15Cl2N3O4/c1-26-20(28)13-5-3-12(9-15(13)21(26)29)25-18(27)6-7-19-24-10-17(30-19)14-4-2-11(22)8-16(14)23/h2-5,8-10H,6-7H2,1H3,(H,25,27). The second-order valence-electron chi connectivity index (χ2n) is 6.72. The third-order valence-electron chi connectivity index (χ3n) is 4.69. The van der Waals surface area contributed by atoms with Crippen LogP contribution in [-0.2, 0) is 11.2 Å². The summed E-state index contributed by atoms with van der Waals surface area (Å²) in [6.45, 7) is 0. The van der Waals surface area contributed by atoms with Gasteiger partial charge in [-0.3, -0.25) is 19.3 Å². The van der Waals surface area contributed by atoms with Gasteiger partial charge in [0.05, 0.1) is 22.3 Å². The Balaban J connectivity index is 1.39. The topological polar surface area (TPSA) is 92.5 Å². The zero-order valence-corrected chi connectivity index (χ0v) is 17.3. The molecule has 0 unspecified atom stereocenters. The molecule has 2 heterocycles. The minimum Gasteiger partial charge on any atom is -0.441 e. The molecule has 30 heavy (non-hydrogen) atoms. The zero-order valence-electron chi connectivity index (χ0n) is 15.7. The molecule has 0 aliphatic carbocycles. The van der Waals surface area contributed by atoms with Crippen LogP contribution in [0.4, 0.5) is 5.69 Å². The van der Waals surface area contributed by atoms with Gasteiger partial charge in [-0.2, -0.15) is 0 Å². The van der Waals surface area contributed by atoms with Crippen molar-refractivity contribution in [2.75, 3.05) is 12.4 Å². The first kappa shape index (κ1) is 20.1. The van der Waals surface area contributed by atoms with Gasteiger partial charge in [0.15, 0.2) is 11.7 Å². The average Bonchev–Trinajstić information content (AvgIpc) is 3.26. The Bertz CT molecular complexity index is 1190. The van der Waals surface area contributed by atoms with Gasteiger partial charge in [0.2, 0.25) is 5.91 Å². The number of hydrogen-bond acceptors (Lipinski definition) is 5. The molecule has 1 aliphatic heterocycles. The summed E-state index contributed by atoms with van der Waals surface area (Å²) in [6, 6.07) is 9.67. The summed E-state index contributed by atoms with van der Waals surface area (Å²) < 4.78 is 5.68. The van der Waals surface area contributed by atoms with Gasteiger partial charge in [-0.15, -0.1) is 0 Å². The molecule has 0 spiro atoms. The average molecular weight is 444 g/mol. The molecule has 0 saturated heterocycles. The number of imide groups is 1. The number of rotatable bonds is 5. The summed E-state index contributed by atoms with van der Waals surface area (Å²) in [7, 11) is 1.42. The normalized spacial score (nSPS) is 13.0. The van der Waals surface area contributed by atoms with Gasteiger partial charge in [0, 0.05) is 36.2 Å². The molecular weight excluding hydrogens is 429 g/mol. The fraction of sp³-hybridized carbons (Fsp3) is 0.143. The van der Waals surface area contributed by atoms with Crippen LogP contribution in [0.2, 0.25) is 10.0 Å². The van der Waals surface area contributed by atoms with Crippen molar-refractivity contribution < 1.29 is 18.8 Å². The minimum absolute atomic E-state index is 0.123. The van der Waals surface area contributed by atoms with Gasteiger partial charge in [0.1, 0.15) is 0 Å². The molecule has 0 saturated carbocycles. The van der Waals surface area contributed by atoms with Crippen molar-refractivity contribution in [1.29, 1.82) is 0 Å². The third-order valence-corrected chi connectivity index (χ3v) is 5.24. The highest BCUT2D eigenvalue weighted by Crippen LogP contribution is 2.31. The highest BCUT2D eigenvalue weighted by molar-refractivity contribution is 6.36. The number of nitrogens with one attached hydrogen (secondary N) is 1. The molecule has 0 fully saturated rings. The number of oxazole rings is 1. The Kier molecular flexibility index (Phi) is 5.32. The van der Waals surface area contributed by atoms with Crippen LogP contribution >= 0.6 is 23.2 Å². The highest BCUT2D eigenvalue weighted by atomic mass is 35.5. The summed E-state index contributed by atoms with van der Waals surface area (Å²) in [5, 5.41) is 3.68. The number of anilines is 1. The molecule has 152 valence electrons. The molecule has 2 aromatic carbocycles. The van der Waals surface area contributed by atoms with E-state index in [2.05, 4.69) is 10.3 Å². The number of amides is 3. The number of nitrogens with zero attached hydrogens (tertiary/aromatic N) is 2. The Morgan fingerprint density at radius 1 is 1.07 bits per heavy atom. The molecule has 3 amide bonds.